The van der Waals surface area contributed by atoms with E-state index >= 15 is 0 Å². The SMILES string of the molecule is C#CC(I)NC(CO)C(=O)O. The van der Waals surface area contributed by atoms with Gasteiger partial charge in [-0.15, -0.1) is 6.42 Å². The average Bonchev–Trinajstić information content (AvgIpc) is 1.99. The number of carboxylic acids is 1. The molecule has 2 atom stereocenters. The number of hydrogen-bond donors (Lipinski definition) is 3. The molecule has 3 N–H and O–H groups in total. The van der Waals surface area contributed by atoms with E-state index in [0.717, 1.165) is 0 Å². The second kappa shape index (κ2) is 5.35. The van der Waals surface area contributed by atoms with Crippen LogP contribution >= 0.6 is 22.6 Å². The summed E-state index contributed by atoms with van der Waals surface area (Å²) in [4.78, 5) is 10.3. The van der Waals surface area contributed by atoms with E-state index in [1.807, 2.05) is 22.6 Å². The van der Waals surface area contributed by atoms with Crippen molar-refractivity contribution in [1.29, 1.82) is 0 Å². The molecule has 4 nitrogen and oxygen atoms in total. The van der Waals surface area contributed by atoms with Crippen LogP contribution in [0.15, 0.2) is 0 Å². The van der Waals surface area contributed by atoms with Crippen molar-refractivity contribution in [3.8, 4) is 12.3 Å². The van der Waals surface area contributed by atoms with E-state index in [0.29, 0.717) is 0 Å². The lowest BCUT2D eigenvalue weighted by Crippen LogP contribution is -2.42. The minimum absolute atomic E-state index is 0.374. The van der Waals surface area contributed by atoms with Gasteiger partial charge < -0.3 is 10.2 Å². The highest BCUT2D eigenvalue weighted by Crippen LogP contribution is 1.95. The number of aliphatic carboxylic acids is 1. The minimum atomic E-state index is -1.11. The zero-order chi connectivity index (χ0) is 8.85. The summed E-state index contributed by atoms with van der Waals surface area (Å²) in [6.07, 6.45) is 4.98. The number of aliphatic hydroxyl groups excluding tert-OH is 1. The molecule has 0 bridgehead atoms. The summed E-state index contributed by atoms with van der Waals surface area (Å²) in [6, 6.07) is -0.979. The molecule has 0 aliphatic rings. The Hall–Kier alpha value is -0.320. The van der Waals surface area contributed by atoms with E-state index in [2.05, 4.69) is 11.2 Å². The van der Waals surface area contributed by atoms with Gasteiger partial charge in [-0.1, -0.05) is 28.5 Å². The Morgan fingerprint density at radius 2 is 2.36 bits per heavy atom. The van der Waals surface area contributed by atoms with E-state index in [1.54, 1.807) is 0 Å². The van der Waals surface area contributed by atoms with Crippen LogP contribution in [0, 0.1) is 12.3 Å². The molecule has 0 saturated carbocycles. The Morgan fingerprint density at radius 1 is 1.82 bits per heavy atom. The number of aliphatic hydroxyl groups is 1. The molecule has 0 heterocycles. The fourth-order valence-electron chi connectivity index (χ4n) is 0.427. The van der Waals surface area contributed by atoms with E-state index in [1.165, 1.54) is 0 Å². The lowest BCUT2D eigenvalue weighted by molar-refractivity contribution is -0.140. The lowest BCUT2D eigenvalue weighted by atomic mass is 10.3. The first kappa shape index (κ1) is 10.7. The Balaban J connectivity index is 3.90. The lowest BCUT2D eigenvalue weighted by Gasteiger charge is -2.12. The number of hydrogen-bond acceptors (Lipinski definition) is 3. The largest absolute Gasteiger partial charge is 0.480 e. The molecule has 0 spiro atoms. The Bertz CT molecular complexity index is 177. The van der Waals surface area contributed by atoms with E-state index in [4.69, 9.17) is 16.6 Å². The van der Waals surface area contributed by atoms with Gasteiger partial charge in [-0.25, -0.2) is 0 Å². The van der Waals surface area contributed by atoms with Crippen LogP contribution in [0.25, 0.3) is 0 Å². The summed E-state index contributed by atoms with van der Waals surface area (Å²) in [6.45, 7) is -0.462. The molecule has 0 aromatic rings. The highest BCUT2D eigenvalue weighted by atomic mass is 127. The Kier molecular flexibility index (Phi) is 5.19. The summed E-state index contributed by atoms with van der Waals surface area (Å²) in [5, 5.41) is 19.5. The summed E-state index contributed by atoms with van der Waals surface area (Å²) in [7, 11) is 0. The van der Waals surface area contributed by atoms with Gasteiger partial charge in [-0.3, -0.25) is 10.1 Å². The topological polar surface area (TPSA) is 69.6 Å². The molecule has 0 aromatic heterocycles. The molecule has 2 unspecified atom stereocenters. The van der Waals surface area contributed by atoms with Gasteiger partial charge >= 0.3 is 5.97 Å². The second-order valence-electron chi connectivity index (χ2n) is 1.77. The van der Waals surface area contributed by atoms with Crippen LogP contribution in [-0.4, -0.2) is 32.9 Å². The predicted octanol–water partition coefficient (Wildman–Crippen LogP) is -0.584. The van der Waals surface area contributed by atoms with E-state index in [-0.39, 0.29) is 4.05 Å². The monoisotopic (exact) mass is 269 g/mol. The maximum absolute atomic E-state index is 10.3. The van der Waals surface area contributed by atoms with Gasteiger partial charge in [0.25, 0.3) is 0 Å². The second-order valence-corrected chi connectivity index (χ2v) is 3.01. The van der Waals surface area contributed by atoms with Crippen LogP contribution in [0.4, 0.5) is 0 Å². The summed E-state index contributed by atoms with van der Waals surface area (Å²) in [5.74, 6) is 1.18. The van der Waals surface area contributed by atoms with E-state index in [9.17, 15) is 4.79 Å². The van der Waals surface area contributed by atoms with Gasteiger partial charge in [0.1, 0.15) is 10.1 Å². The standard InChI is InChI=1S/C6H8INO3/c1-2-5(7)8-4(3-9)6(10)11/h1,4-5,8-9H,3H2,(H,10,11). The zero-order valence-corrected chi connectivity index (χ0v) is 7.78. The predicted molar refractivity (Wildman–Crippen MR) is 48.3 cm³/mol. The van der Waals surface area contributed by atoms with Crippen molar-refractivity contribution in [1.82, 2.24) is 5.32 Å². The smallest absolute Gasteiger partial charge is 0.323 e. The Labute approximate surface area is 78.1 Å². The zero-order valence-electron chi connectivity index (χ0n) is 5.62. The first-order valence-corrected chi connectivity index (χ1v) is 4.06. The van der Waals surface area contributed by atoms with Gasteiger partial charge in [0, 0.05) is 0 Å². The number of rotatable bonds is 4. The third-order valence-corrected chi connectivity index (χ3v) is 1.69. The number of nitrogens with one attached hydrogen (secondary N) is 1. The number of alkyl halides is 1. The number of terminal acetylenes is 1. The van der Waals surface area contributed by atoms with Gasteiger partial charge in [-0.05, 0) is 0 Å². The van der Waals surface area contributed by atoms with Crippen molar-refractivity contribution in [3.63, 3.8) is 0 Å². The van der Waals surface area contributed by atoms with Crippen molar-refractivity contribution < 1.29 is 15.0 Å². The summed E-state index contributed by atoms with van der Waals surface area (Å²) >= 11 is 1.86. The molecular weight excluding hydrogens is 261 g/mol. The third-order valence-electron chi connectivity index (χ3n) is 0.975. The van der Waals surface area contributed by atoms with Crippen LogP contribution in [0.3, 0.4) is 0 Å². The quantitative estimate of drug-likeness (QED) is 0.276. The van der Waals surface area contributed by atoms with Gasteiger partial charge in [0.15, 0.2) is 0 Å². The van der Waals surface area contributed by atoms with Gasteiger partial charge in [-0.2, -0.15) is 0 Å². The fourth-order valence-corrected chi connectivity index (χ4v) is 0.861. The summed E-state index contributed by atoms with van der Waals surface area (Å²) in [5.41, 5.74) is 0. The number of carboxylic acid groups (broad SMARTS) is 1. The molecule has 0 aliphatic heterocycles. The molecule has 0 fully saturated rings. The molecule has 0 aromatic carbocycles. The third kappa shape index (κ3) is 4.19. The molecule has 11 heavy (non-hydrogen) atoms. The van der Waals surface area contributed by atoms with Crippen LogP contribution < -0.4 is 5.32 Å². The maximum atomic E-state index is 10.3. The van der Waals surface area contributed by atoms with Crippen molar-refractivity contribution in [2.45, 2.75) is 10.1 Å². The molecule has 0 radical (unpaired) electrons. The van der Waals surface area contributed by atoms with Gasteiger partial charge in [0.05, 0.1) is 6.61 Å². The van der Waals surface area contributed by atoms with Crippen molar-refractivity contribution >= 4 is 28.6 Å². The molecule has 0 saturated heterocycles. The average molecular weight is 269 g/mol. The van der Waals surface area contributed by atoms with Crippen LogP contribution in [-0.2, 0) is 4.79 Å². The highest BCUT2D eigenvalue weighted by molar-refractivity contribution is 14.1. The molecular formula is C6H8INO3. The Morgan fingerprint density at radius 3 is 2.64 bits per heavy atom. The van der Waals surface area contributed by atoms with Crippen molar-refractivity contribution in [3.05, 3.63) is 0 Å². The summed E-state index contributed by atoms with van der Waals surface area (Å²) < 4.78 is -0.374. The first-order valence-electron chi connectivity index (χ1n) is 2.81. The van der Waals surface area contributed by atoms with Crippen LogP contribution in [0.1, 0.15) is 0 Å². The fraction of sp³-hybridized carbons (Fsp3) is 0.500. The molecule has 0 aliphatic carbocycles. The van der Waals surface area contributed by atoms with Crippen molar-refractivity contribution in [2.24, 2.45) is 0 Å². The molecule has 5 heteroatoms. The highest BCUT2D eigenvalue weighted by Gasteiger charge is 2.17. The van der Waals surface area contributed by atoms with E-state index < -0.39 is 18.6 Å². The number of halogens is 1. The van der Waals surface area contributed by atoms with Gasteiger partial charge in [0.2, 0.25) is 0 Å². The normalized spacial score (nSPS) is 15.0. The van der Waals surface area contributed by atoms with Crippen LogP contribution in [0.5, 0.6) is 0 Å². The maximum Gasteiger partial charge on any atom is 0.323 e. The molecule has 0 rings (SSSR count). The molecule has 62 valence electrons. The number of carbonyl (C=O) groups is 1. The first-order chi connectivity index (χ1) is 5.11. The minimum Gasteiger partial charge on any atom is -0.480 e. The van der Waals surface area contributed by atoms with Crippen LogP contribution in [0.2, 0.25) is 0 Å². The molecule has 0 amide bonds. The van der Waals surface area contributed by atoms with Crippen molar-refractivity contribution in [2.75, 3.05) is 6.61 Å².